The molecule has 2 aromatic carbocycles. The Morgan fingerprint density at radius 1 is 1.00 bits per heavy atom. The SMILES string of the molecule is CCOc1ccc(C(=O)NNC(=O)c2ccc3c(=O)n4c(nc3c2)CCCCC4)cc1OC. The van der Waals surface area contributed by atoms with Crippen LogP contribution in [0.25, 0.3) is 10.9 Å². The van der Waals surface area contributed by atoms with Gasteiger partial charge in [0, 0.05) is 24.1 Å². The molecule has 3 aromatic rings. The lowest BCUT2D eigenvalue weighted by molar-refractivity contribution is 0.0846. The average Bonchev–Trinajstić information content (AvgIpc) is 3.08. The van der Waals surface area contributed by atoms with Gasteiger partial charge in [0.1, 0.15) is 5.82 Å². The first-order chi connectivity index (χ1) is 16.0. The highest BCUT2D eigenvalue weighted by atomic mass is 16.5. The fourth-order valence-electron chi connectivity index (χ4n) is 3.90. The van der Waals surface area contributed by atoms with Crippen LogP contribution in [0, 0.1) is 0 Å². The van der Waals surface area contributed by atoms with Crippen LogP contribution in [0.2, 0.25) is 0 Å². The quantitative estimate of drug-likeness (QED) is 0.578. The molecule has 4 rings (SSSR count). The van der Waals surface area contributed by atoms with Gasteiger partial charge < -0.3 is 9.47 Å². The molecule has 2 amide bonds. The molecule has 9 heteroatoms. The van der Waals surface area contributed by atoms with Crippen molar-refractivity contribution < 1.29 is 19.1 Å². The van der Waals surface area contributed by atoms with Crippen LogP contribution < -0.4 is 25.9 Å². The van der Waals surface area contributed by atoms with Crippen molar-refractivity contribution in [2.45, 2.75) is 39.2 Å². The molecule has 33 heavy (non-hydrogen) atoms. The second kappa shape index (κ2) is 9.72. The molecule has 1 aliphatic rings. The van der Waals surface area contributed by atoms with Crippen molar-refractivity contribution in [3.63, 3.8) is 0 Å². The Hall–Kier alpha value is -3.88. The Morgan fingerprint density at radius 3 is 2.45 bits per heavy atom. The number of nitrogens with zero attached hydrogens (tertiary/aromatic N) is 2. The standard InChI is InChI=1S/C24H26N4O5/c1-3-33-19-11-9-16(14-20(19)32-2)23(30)27-26-22(29)15-8-10-17-18(13-15)25-21-7-5-4-6-12-28(21)24(17)31/h8-11,13-14H,3-7,12H2,1-2H3,(H,26,29)(H,27,30). The first-order valence-corrected chi connectivity index (χ1v) is 11.0. The lowest BCUT2D eigenvalue weighted by Gasteiger charge is -2.12. The van der Waals surface area contributed by atoms with Crippen molar-refractivity contribution in [1.82, 2.24) is 20.4 Å². The fourth-order valence-corrected chi connectivity index (χ4v) is 3.90. The number of nitrogens with one attached hydrogen (secondary N) is 2. The van der Waals surface area contributed by atoms with Crippen molar-refractivity contribution in [1.29, 1.82) is 0 Å². The highest BCUT2D eigenvalue weighted by Crippen LogP contribution is 2.28. The number of aryl methyl sites for hydroxylation is 1. The molecule has 0 spiro atoms. The molecule has 0 atom stereocenters. The number of fused-ring (bicyclic) bond motifs is 2. The molecule has 0 radical (unpaired) electrons. The Morgan fingerprint density at radius 2 is 1.73 bits per heavy atom. The normalized spacial score (nSPS) is 13.0. The first kappa shape index (κ1) is 22.3. The van der Waals surface area contributed by atoms with Gasteiger partial charge in [-0.3, -0.25) is 29.8 Å². The van der Waals surface area contributed by atoms with Crippen LogP contribution in [-0.4, -0.2) is 35.1 Å². The molecular weight excluding hydrogens is 424 g/mol. The van der Waals surface area contributed by atoms with Crippen molar-refractivity contribution in [2.24, 2.45) is 0 Å². The van der Waals surface area contributed by atoms with E-state index in [1.54, 1.807) is 34.9 Å². The molecule has 172 valence electrons. The van der Waals surface area contributed by atoms with Crippen LogP contribution in [0.15, 0.2) is 41.2 Å². The fraction of sp³-hybridized carbons (Fsp3) is 0.333. The zero-order valence-electron chi connectivity index (χ0n) is 18.6. The summed E-state index contributed by atoms with van der Waals surface area (Å²) in [5.74, 6) is 0.673. The van der Waals surface area contributed by atoms with E-state index in [0.717, 1.165) is 31.5 Å². The molecule has 0 unspecified atom stereocenters. The van der Waals surface area contributed by atoms with E-state index in [4.69, 9.17) is 9.47 Å². The smallest absolute Gasteiger partial charge is 0.269 e. The molecule has 2 heterocycles. The van der Waals surface area contributed by atoms with Gasteiger partial charge in [-0.15, -0.1) is 0 Å². The summed E-state index contributed by atoms with van der Waals surface area (Å²) in [6.45, 7) is 2.99. The van der Waals surface area contributed by atoms with Crippen molar-refractivity contribution in [3.8, 4) is 11.5 Å². The van der Waals surface area contributed by atoms with Gasteiger partial charge in [0.05, 0.1) is 24.6 Å². The number of carbonyl (C=O) groups excluding carboxylic acids is 2. The van der Waals surface area contributed by atoms with Crippen LogP contribution >= 0.6 is 0 Å². The van der Waals surface area contributed by atoms with Gasteiger partial charge in [0.25, 0.3) is 17.4 Å². The minimum absolute atomic E-state index is 0.0818. The van der Waals surface area contributed by atoms with E-state index in [1.807, 2.05) is 6.92 Å². The van der Waals surface area contributed by atoms with Gasteiger partial charge in [0.15, 0.2) is 11.5 Å². The third-order valence-corrected chi connectivity index (χ3v) is 5.59. The summed E-state index contributed by atoms with van der Waals surface area (Å²) in [7, 11) is 1.49. The number of hydrazine groups is 1. The third kappa shape index (κ3) is 4.67. The minimum Gasteiger partial charge on any atom is -0.493 e. The van der Waals surface area contributed by atoms with E-state index >= 15 is 0 Å². The Balaban J connectivity index is 1.50. The summed E-state index contributed by atoms with van der Waals surface area (Å²) in [6, 6.07) is 9.48. The van der Waals surface area contributed by atoms with Crippen LogP contribution in [-0.2, 0) is 13.0 Å². The molecule has 1 aromatic heterocycles. The maximum absolute atomic E-state index is 12.8. The second-order valence-corrected chi connectivity index (χ2v) is 7.73. The van der Waals surface area contributed by atoms with Gasteiger partial charge >= 0.3 is 0 Å². The van der Waals surface area contributed by atoms with Gasteiger partial charge in [-0.2, -0.15) is 0 Å². The number of aromatic nitrogens is 2. The van der Waals surface area contributed by atoms with E-state index in [0.29, 0.717) is 41.1 Å². The van der Waals surface area contributed by atoms with Crippen molar-refractivity contribution in [3.05, 3.63) is 63.7 Å². The van der Waals surface area contributed by atoms with E-state index in [-0.39, 0.29) is 11.1 Å². The molecule has 0 bridgehead atoms. The number of benzene rings is 2. The predicted octanol–water partition coefficient (Wildman–Crippen LogP) is 2.61. The first-order valence-electron chi connectivity index (χ1n) is 11.0. The number of hydrogen-bond donors (Lipinski definition) is 2. The summed E-state index contributed by atoms with van der Waals surface area (Å²) in [5, 5.41) is 0.475. The summed E-state index contributed by atoms with van der Waals surface area (Å²) in [4.78, 5) is 42.6. The number of ether oxygens (including phenoxy) is 2. The predicted molar refractivity (Wildman–Crippen MR) is 123 cm³/mol. The highest BCUT2D eigenvalue weighted by Gasteiger charge is 2.16. The van der Waals surface area contributed by atoms with Crippen LogP contribution in [0.1, 0.15) is 52.7 Å². The van der Waals surface area contributed by atoms with E-state index in [1.165, 1.54) is 13.2 Å². The van der Waals surface area contributed by atoms with E-state index in [9.17, 15) is 14.4 Å². The monoisotopic (exact) mass is 450 g/mol. The summed E-state index contributed by atoms with van der Waals surface area (Å²) in [6.07, 6.45) is 3.75. The lowest BCUT2D eigenvalue weighted by Crippen LogP contribution is -2.41. The molecule has 2 N–H and O–H groups in total. The maximum atomic E-state index is 12.8. The van der Waals surface area contributed by atoms with Crippen molar-refractivity contribution in [2.75, 3.05) is 13.7 Å². The van der Waals surface area contributed by atoms with E-state index < -0.39 is 11.8 Å². The van der Waals surface area contributed by atoms with Gasteiger partial charge in [-0.1, -0.05) is 6.42 Å². The zero-order valence-corrected chi connectivity index (χ0v) is 18.6. The van der Waals surface area contributed by atoms with Crippen LogP contribution in [0.4, 0.5) is 0 Å². The number of amides is 2. The van der Waals surface area contributed by atoms with Crippen molar-refractivity contribution >= 4 is 22.7 Å². The molecule has 0 fully saturated rings. The van der Waals surface area contributed by atoms with Gasteiger partial charge in [-0.25, -0.2) is 4.98 Å². The number of hydrogen-bond acceptors (Lipinski definition) is 6. The van der Waals surface area contributed by atoms with Gasteiger partial charge in [-0.05, 0) is 56.2 Å². The average molecular weight is 450 g/mol. The molecule has 0 saturated carbocycles. The highest BCUT2D eigenvalue weighted by molar-refractivity contribution is 6.01. The van der Waals surface area contributed by atoms with E-state index in [2.05, 4.69) is 15.8 Å². The summed E-state index contributed by atoms with van der Waals surface area (Å²) >= 11 is 0. The van der Waals surface area contributed by atoms with Crippen LogP contribution in [0.3, 0.4) is 0 Å². The zero-order chi connectivity index (χ0) is 23.4. The lowest BCUT2D eigenvalue weighted by atomic mass is 10.1. The Kier molecular flexibility index (Phi) is 6.58. The molecule has 1 aliphatic heterocycles. The summed E-state index contributed by atoms with van der Waals surface area (Å²) < 4.78 is 12.4. The number of methoxy groups -OCH3 is 1. The van der Waals surface area contributed by atoms with Gasteiger partial charge in [0.2, 0.25) is 0 Å². The third-order valence-electron chi connectivity index (χ3n) is 5.59. The second-order valence-electron chi connectivity index (χ2n) is 7.73. The summed E-state index contributed by atoms with van der Waals surface area (Å²) in [5.41, 5.74) is 5.78. The maximum Gasteiger partial charge on any atom is 0.269 e. The molecular formula is C24H26N4O5. The minimum atomic E-state index is -0.514. The largest absolute Gasteiger partial charge is 0.493 e. The number of carbonyl (C=O) groups is 2. The van der Waals surface area contributed by atoms with Crippen LogP contribution in [0.5, 0.6) is 11.5 Å². The molecule has 0 saturated heterocycles. The molecule has 9 nitrogen and oxygen atoms in total. The number of rotatable bonds is 5. The Labute approximate surface area is 190 Å². The topological polar surface area (TPSA) is 112 Å². The Bertz CT molecular complexity index is 1270. The molecule has 0 aliphatic carbocycles.